The van der Waals surface area contributed by atoms with Crippen LogP contribution in [0.15, 0.2) is 18.2 Å². The minimum Gasteiger partial charge on any atom is -0.490 e. The van der Waals surface area contributed by atoms with Crippen LogP contribution < -0.4 is 10.1 Å². The van der Waals surface area contributed by atoms with E-state index in [1.54, 1.807) is 12.1 Å². The normalized spacial score (nSPS) is 26.9. The first kappa shape index (κ1) is 13.8. The third-order valence-electron chi connectivity index (χ3n) is 4.34. The molecule has 2 aliphatic heterocycles. The third kappa shape index (κ3) is 2.81. The summed E-state index contributed by atoms with van der Waals surface area (Å²) >= 11 is 0. The van der Waals surface area contributed by atoms with Crippen molar-refractivity contribution in [1.82, 2.24) is 5.32 Å². The minimum atomic E-state index is -0.195. The molecule has 0 aliphatic carbocycles. The van der Waals surface area contributed by atoms with E-state index < -0.39 is 0 Å². The van der Waals surface area contributed by atoms with Gasteiger partial charge < -0.3 is 14.8 Å². The van der Waals surface area contributed by atoms with Crippen LogP contribution in [-0.4, -0.2) is 25.9 Å². The Morgan fingerprint density at radius 1 is 1.30 bits per heavy atom. The van der Waals surface area contributed by atoms with Crippen LogP contribution in [0.4, 0.5) is 4.39 Å². The zero-order valence-corrected chi connectivity index (χ0v) is 11.9. The van der Waals surface area contributed by atoms with Crippen molar-refractivity contribution in [2.45, 2.75) is 38.3 Å². The van der Waals surface area contributed by atoms with Crippen molar-refractivity contribution < 1.29 is 13.9 Å². The molecule has 0 bridgehead atoms. The van der Waals surface area contributed by atoms with Gasteiger partial charge in [0, 0.05) is 37.2 Å². The van der Waals surface area contributed by atoms with Crippen LogP contribution in [0.3, 0.4) is 0 Å². The lowest BCUT2D eigenvalue weighted by Gasteiger charge is -2.38. The van der Waals surface area contributed by atoms with E-state index in [0.717, 1.165) is 50.3 Å². The molecule has 2 heterocycles. The minimum absolute atomic E-state index is 0.187. The second-order valence-electron chi connectivity index (χ2n) is 5.63. The molecule has 0 aromatic heterocycles. The van der Waals surface area contributed by atoms with Crippen LogP contribution in [0.1, 0.15) is 37.8 Å². The van der Waals surface area contributed by atoms with Gasteiger partial charge in [-0.2, -0.15) is 0 Å². The van der Waals surface area contributed by atoms with E-state index >= 15 is 0 Å². The lowest BCUT2D eigenvalue weighted by Crippen LogP contribution is -2.39. The summed E-state index contributed by atoms with van der Waals surface area (Å²) in [6.07, 6.45) is 3.23. The molecular formula is C16H22FNO2. The fourth-order valence-electron chi connectivity index (χ4n) is 3.29. The largest absolute Gasteiger partial charge is 0.490 e. The van der Waals surface area contributed by atoms with Crippen LogP contribution in [0.5, 0.6) is 5.75 Å². The molecule has 3 rings (SSSR count). The van der Waals surface area contributed by atoms with Crippen molar-refractivity contribution in [3.8, 4) is 5.75 Å². The molecule has 110 valence electrons. The smallest absolute Gasteiger partial charge is 0.124 e. The summed E-state index contributed by atoms with van der Waals surface area (Å²) in [5.74, 6) is 1.18. The predicted octanol–water partition coefficient (Wildman–Crippen LogP) is 3.05. The fraction of sp³-hybridized carbons (Fsp3) is 0.625. The molecule has 1 aromatic rings. The second kappa shape index (κ2) is 6.10. The molecule has 1 N–H and O–H groups in total. The molecule has 0 radical (unpaired) electrons. The van der Waals surface area contributed by atoms with Crippen molar-refractivity contribution >= 4 is 0 Å². The van der Waals surface area contributed by atoms with Gasteiger partial charge in [0.15, 0.2) is 0 Å². The zero-order chi connectivity index (χ0) is 13.9. The van der Waals surface area contributed by atoms with E-state index in [1.165, 1.54) is 6.07 Å². The predicted molar refractivity (Wildman–Crippen MR) is 75.4 cm³/mol. The Kier molecular flexibility index (Phi) is 4.22. The van der Waals surface area contributed by atoms with Gasteiger partial charge in [-0.1, -0.05) is 6.92 Å². The van der Waals surface area contributed by atoms with Crippen LogP contribution in [0.2, 0.25) is 0 Å². The summed E-state index contributed by atoms with van der Waals surface area (Å²) in [5, 5.41) is 3.46. The molecule has 2 aliphatic rings. The standard InChI is InChI=1S/C16H22FNO2/c1-2-18-14-10-16(11-5-7-19-8-6-11)20-15-4-3-12(17)9-13(14)15/h3-4,9,11,14,16,18H,2,5-8,10H2,1H3. The van der Waals surface area contributed by atoms with Crippen molar-refractivity contribution in [1.29, 1.82) is 0 Å². The SMILES string of the molecule is CCNC1CC(C2CCOCC2)Oc2ccc(F)cc21. The van der Waals surface area contributed by atoms with Crippen molar-refractivity contribution in [2.75, 3.05) is 19.8 Å². The van der Waals surface area contributed by atoms with Crippen LogP contribution in [-0.2, 0) is 4.74 Å². The maximum atomic E-state index is 13.5. The summed E-state index contributed by atoms with van der Waals surface area (Å²) in [4.78, 5) is 0. The number of benzene rings is 1. The first-order valence-corrected chi connectivity index (χ1v) is 7.55. The zero-order valence-electron chi connectivity index (χ0n) is 11.9. The quantitative estimate of drug-likeness (QED) is 0.922. The van der Waals surface area contributed by atoms with E-state index in [0.29, 0.717) is 5.92 Å². The van der Waals surface area contributed by atoms with Crippen LogP contribution >= 0.6 is 0 Å². The maximum Gasteiger partial charge on any atom is 0.124 e. The first-order chi connectivity index (χ1) is 9.78. The first-order valence-electron chi connectivity index (χ1n) is 7.55. The van der Waals surface area contributed by atoms with Gasteiger partial charge >= 0.3 is 0 Å². The highest BCUT2D eigenvalue weighted by atomic mass is 19.1. The monoisotopic (exact) mass is 279 g/mol. The Morgan fingerprint density at radius 3 is 2.85 bits per heavy atom. The third-order valence-corrected chi connectivity index (χ3v) is 4.34. The molecule has 0 amide bonds. The molecule has 2 atom stereocenters. The van der Waals surface area contributed by atoms with E-state index in [-0.39, 0.29) is 18.0 Å². The van der Waals surface area contributed by atoms with E-state index in [1.807, 2.05) is 0 Å². The number of hydrogen-bond donors (Lipinski definition) is 1. The van der Waals surface area contributed by atoms with Gasteiger partial charge in [0.2, 0.25) is 0 Å². The van der Waals surface area contributed by atoms with Gasteiger partial charge in [-0.15, -0.1) is 0 Å². The molecule has 1 aromatic carbocycles. The Labute approximate surface area is 119 Å². The van der Waals surface area contributed by atoms with Crippen LogP contribution in [0, 0.1) is 11.7 Å². The van der Waals surface area contributed by atoms with Crippen molar-refractivity contribution in [2.24, 2.45) is 5.92 Å². The second-order valence-corrected chi connectivity index (χ2v) is 5.63. The highest BCUT2D eigenvalue weighted by Gasteiger charge is 2.34. The number of halogens is 1. The number of nitrogens with one attached hydrogen (secondary N) is 1. The highest BCUT2D eigenvalue weighted by Crippen LogP contribution is 2.39. The van der Waals surface area contributed by atoms with Gasteiger partial charge in [-0.05, 0) is 37.6 Å². The number of rotatable bonds is 3. The molecule has 1 fully saturated rings. The number of hydrogen-bond acceptors (Lipinski definition) is 3. The van der Waals surface area contributed by atoms with Crippen molar-refractivity contribution in [3.63, 3.8) is 0 Å². The Hall–Kier alpha value is -1.13. The van der Waals surface area contributed by atoms with E-state index in [2.05, 4.69) is 12.2 Å². The molecule has 3 nitrogen and oxygen atoms in total. The molecule has 20 heavy (non-hydrogen) atoms. The lowest BCUT2D eigenvalue weighted by molar-refractivity contribution is 0.00531. The molecule has 0 spiro atoms. The van der Waals surface area contributed by atoms with E-state index in [4.69, 9.17) is 9.47 Å². The summed E-state index contributed by atoms with van der Waals surface area (Å²) in [5.41, 5.74) is 0.954. The van der Waals surface area contributed by atoms with Gasteiger partial charge in [-0.3, -0.25) is 0 Å². The molecular weight excluding hydrogens is 257 g/mol. The Bertz CT molecular complexity index is 460. The molecule has 2 unspecified atom stereocenters. The average Bonchev–Trinajstić information content (AvgIpc) is 2.49. The Morgan fingerprint density at radius 2 is 2.10 bits per heavy atom. The fourth-order valence-corrected chi connectivity index (χ4v) is 3.29. The van der Waals surface area contributed by atoms with Gasteiger partial charge in [-0.25, -0.2) is 4.39 Å². The van der Waals surface area contributed by atoms with Gasteiger partial charge in [0.25, 0.3) is 0 Å². The summed E-state index contributed by atoms with van der Waals surface area (Å²) in [6.45, 7) is 4.61. The molecule has 0 saturated carbocycles. The van der Waals surface area contributed by atoms with Gasteiger partial charge in [0.05, 0.1) is 0 Å². The lowest BCUT2D eigenvalue weighted by atomic mass is 9.85. The number of fused-ring (bicyclic) bond motifs is 1. The van der Waals surface area contributed by atoms with E-state index in [9.17, 15) is 4.39 Å². The highest BCUT2D eigenvalue weighted by molar-refractivity contribution is 5.38. The molecule has 4 heteroatoms. The summed E-state index contributed by atoms with van der Waals surface area (Å²) < 4.78 is 25.0. The summed E-state index contributed by atoms with van der Waals surface area (Å²) in [6, 6.07) is 5.03. The van der Waals surface area contributed by atoms with Crippen molar-refractivity contribution in [3.05, 3.63) is 29.6 Å². The number of ether oxygens (including phenoxy) is 2. The molecule has 1 saturated heterocycles. The van der Waals surface area contributed by atoms with Gasteiger partial charge in [0.1, 0.15) is 17.7 Å². The van der Waals surface area contributed by atoms with Crippen LogP contribution in [0.25, 0.3) is 0 Å². The topological polar surface area (TPSA) is 30.5 Å². The maximum absolute atomic E-state index is 13.5. The summed E-state index contributed by atoms with van der Waals surface area (Å²) in [7, 11) is 0. The Balaban J connectivity index is 1.82. The average molecular weight is 279 g/mol.